The summed E-state index contributed by atoms with van der Waals surface area (Å²) in [5.74, 6) is 4.40. The van der Waals surface area contributed by atoms with Crippen molar-refractivity contribution >= 4 is 13.2 Å². The molecule has 0 heterocycles. The Hall–Kier alpha value is -0.430. The molecule has 204 valence electrons. The van der Waals surface area contributed by atoms with Crippen LogP contribution in [-0.2, 0) is 0 Å². The highest BCUT2D eigenvalue weighted by molar-refractivity contribution is 7.66. The number of nitrogens with two attached hydrogens (primary N) is 1. The molecule has 3 aliphatic rings. The normalized spacial score (nSPS) is 28.0. The Morgan fingerprint density at radius 2 is 1.67 bits per heavy atom. The minimum absolute atomic E-state index is 0.0983. The van der Waals surface area contributed by atoms with Gasteiger partial charge in [0.25, 0.3) is 0 Å². The summed E-state index contributed by atoms with van der Waals surface area (Å²) in [6.45, 7) is 6.96. The molecule has 0 radical (unpaired) electrons. The van der Waals surface area contributed by atoms with Gasteiger partial charge in [-0.3, -0.25) is 0 Å². The quantitative estimate of drug-likeness (QED) is 0.184. The van der Waals surface area contributed by atoms with Gasteiger partial charge in [-0.25, -0.2) is 0 Å². The van der Waals surface area contributed by atoms with Gasteiger partial charge >= 0.3 is 0 Å². The summed E-state index contributed by atoms with van der Waals surface area (Å²) in [7, 11) is -0.0983. The van der Waals surface area contributed by atoms with Crippen molar-refractivity contribution in [2.24, 2.45) is 35.3 Å². The molecule has 3 saturated carbocycles. The van der Waals surface area contributed by atoms with Crippen LogP contribution in [0.4, 0.5) is 0 Å². The summed E-state index contributed by atoms with van der Waals surface area (Å²) < 4.78 is 0. The van der Waals surface area contributed by atoms with Gasteiger partial charge < -0.3 is 11.1 Å². The average Bonchev–Trinajstić information content (AvgIpc) is 3.77. The Morgan fingerprint density at radius 1 is 0.917 bits per heavy atom. The van der Waals surface area contributed by atoms with Crippen LogP contribution in [0.5, 0.6) is 0 Å². The van der Waals surface area contributed by atoms with Crippen LogP contribution in [0.25, 0.3) is 0 Å². The molecule has 36 heavy (non-hydrogen) atoms. The summed E-state index contributed by atoms with van der Waals surface area (Å²) in [5.41, 5.74) is 7.29. The second-order valence-corrected chi connectivity index (χ2v) is 15.4. The lowest BCUT2D eigenvalue weighted by Crippen LogP contribution is -2.43. The van der Waals surface area contributed by atoms with Gasteiger partial charge in [0.1, 0.15) is 0 Å². The molecule has 3 heteroatoms. The Bertz CT molecular complexity index is 714. The lowest BCUT2D eigenvalue weighted by atomic mass is 9.72. The van der Waals surface area contributed by atoms with Crippen molar-refractivity contribution in [2.75, 3.05) is 19.3 Å². The maximum Gasteiger partial charge on any atom is 0.0112 e. The fourth-order valence-electron chi connectivity index (χ4n) is 7.52. The predicted octanol–water partition coefficient (Wildman–Crippen LogP) is 8.09. The topological polar surface area (TPSA) is 38.0 Å². The second-order valence-electron chi connectivity index (χ2n) is 12.9. The summed E-state index contributed by atoms with van der Waals surface area (Å²) in [6, 6.07) is 12.3. The zero-order chi connectivity index (χ0) is 25.2. The van der Waals surface area contributed by atoms with E-state index in [1.54, 1.807) is 5.30 Å². The third-order valence-electron chi connectivity index (χ3n) is 9.95. The highest BCUT2D eigenvalue weighted by Crippen LogP contribution is 2.49. The number of hydrogen-bond donors (Lipinski definition) is 2. The monoisotopic (exact) mass is 512 g/mol. The van der Waals surface area contributed by atoms with Crippen LogP contribution in [0.1, 0.15) is 110 Å². The lowest BCUT2D eigenvalue weighted by Gasteiger charge is -2.38. The van der Waals surface area contributed by atoms with E-state index in [1.807, 2.05) is 0 Å². The third kappa shape index (κ3) is 8.81. The van der Waals surface area contributed by atoms with E-state index >= 15 is 0 Å². The SMILES string of the molecule is CCCCCC(C)CC(CP(c1ccccc1)C1CCCCC1)NCC1CCC(C2CC2)CC1CN. The van der Waals surface area contributed by atoms with Crippen molar-refractivity contribution in [3.63, 3.8) is 0 Å². The highest BCUT2D eigenvalue weighted by Gasteiger charge is 2.38. The molecule has 4 rings (SSSR count). The van der Waals surface area contributed by atoms with Crippen LogP contribution < -0.4 is 16.4 Å². The number of benzene rings is 1. The highest BCUT2D eigenvalue weighted by atomic mass is 31.1. The molecule has 0 aliphatic heterocycles. The molecule has 3 N–H and O–H groups in total. The Labute approximate surface area is 225 Å². The molecular weight excluding hydrogens is 455 g/mol. The van der Waals surface area contributed by atoms with E-state index in [2.05, 4.69) is 49.5 Å². The van der Waals surface area contributed by atoms with E-state index in [-0.39, 0.29) is 7.92 Å². The maximum atomic E-state index is 6.36. The van der Waals surface area contributed by atoms with Gasteiger partial charge in [0.05, 0.1) is 0 Å². The molecule has 2 nitrogen and oxygen atoms in total. The van der Waals surface area contributed by atoms with E-state index in [4.69, 9.17) is 5.73 Å². The average molecular weight is 513 g/mol. The lowest BCUT2D eigenvalue weighted by molar-refractivity contribution is 0.162. The summed E-state index contributed by atoms with van der Waals surface area (Å²) >= 11 is 0. The first kappa shape index (κ1) is 28.6. The largest absolute Gasteiger partial charge is 0.330 e. The molecule has 1 aromatic rings. The summed E-state index contributed by atoms with van der Waals surface area (Å²) in [6.07, 6.45) is 22.8. The van der Waals surface area contributed by atoms with Gasteiger partial charge in [0.2, 0.25) is 0 Å². The van der Waals surface area contributed by atoms with Crippen LogP contribution in [0.2, 0.25) is 0 Å². The predicted molar refractivity (Wildman–Crippen MR) is 161 cm³/mol. The molecule has 0 bridgehead atoms. The first-order chi connectivity index (χ1) is 17.7. The summed E-state index contributed by atoms with van der Waals surface area (Å²) in [4.78, 5) is 0. The van der Waals surface area contributed by atoms with Crippen LogP contribution in [-0.4, -0.2) is 31.0 Å². The van der Waals surface area contributed by atoms with E-state index in [9.17, 15) is 0 Å². The number of nitrogens with one attached hydrogen (secondary N) is 1. The first-order valence-corrected chi connectivity index (χ1v) is 17.5. The fourth-order valence-corrected chi connectivity index (χ4v) is 10.7. The van der Waals surface area contributed by atoms with E-state index in [1.165, 1.54) is 109 Å². The van der Waals surface area contributed by atoms with Gasteiger partial charge in [0.15, 0.2) is 0 Å². The molecule has 3 aliphatic carbocycles. The maximum absolute atomic E-state index is 6.36. The molecule has 1 aromatic carbocycles. The zero-order valence-corrected chi connectivity index (χ0v) is 24.6. The number of hydrogen-bond acceptors (Lipinski definition) is 2. The molecular formula is C33H57N2P. The molecule has 0 spiro atoms. The van der Waals surface area contributed by atoms with Gasteiger partial charge in [-0.05, 0) is 111 Å². The van der Waals surface area contributed by atoms with Crippen molar-refractivity contribution in [3.8, 4) is 0 Å². The van der Waals surface area contributed by atoms with Gasteiger partial charge in [0, 0.05) is 6.04 Å². The summed E-state index contributed by atoms with van der Waals surface area (Å²) in [5, 5.41) is 5.90. The molecule has 6 unspecified atom stereocenters. The van der Waals surface area contributed by atoms with Crippen molar-refractivity contribution in [1.82, 2.24) is 5.32 Å². The Kier molecular flexibility index (Phi) is 12.1. The van der Waals surface area contributed by atoms with E-state index in [0.29, 0.717) is 6.04 Å². The van der Waals surface area contributed by atoms with E-state index in [0.717, 1.165) is 41.8 Å². The van der Waals surface area contributed by atoms with Gasteiger partial charge in [-0.1, -0.05) is 97.0 Å². The third-order valence-corrected chi connectivity index (χ3v) is 13.1. The van der Waals surface area contributed by atoms with Crippen molar-refractivity contribution in [1.29, 1.82) is 0 Å². The molecule has 0 amide bonds. The molecule has 3 fully saturated rings. The van der Waals surface area contributed by atoms with Crippen molar-refractivity contribution in [2.45, 2.75) is 122 Å². The van der Waals surface area contributed by atoms with Gasteiger partial charge in [-0.2, -0.15) is 0 Å². The Balaban J connectivity index is 1.41. The molecule has 6 atom stereocenters. The van der Waals surface area contributed by atoms with Crippen LogP contribution >= 0.6 is 7.92 Å². The fraction of sp³-hybridized carbons (Fsp3) is 0.818. The van der Waals surface area contributed by atoms with Crippen molar-refractivity contribution in [3.05, 3.63) is 30.3 Å². The minimum Gasteiger partial charge on any atom is -0.330 e. The van der Waals surface area contributed by atoms with Crippen LogP contribution in [0, 0.1) is 29.6 Å². The smallest absolute Gasteiger partial charge is 0.0112 e. The molecule has 0 saturated heterocycles. The van der Waals surface area contributed by atoms with Crippen molar-refractivity contribution < 1.29 is 0 Å². The van der Waals surface area contributed by atoms with Gasteiger partial charge in [-0.15, -0.1) is 0 Å². The Morgan fingerprint density at radius 3 is 2.36 bits per heavy atom. The number of unbranched alkanes of at least 4 members (excludes halogenated alkanes) is 2. The minimum atomic E-state index is -0.0983. The number of rotatable bonds is 15. The standard InChI is InChI=1S/C33H57N2P/c1-3-4-7-12-26(2)21-31(35-24-29-20-19-28(27-17-18-27)22-30(29)23-34)25-36(32-13-8-5-9-14-32)33-15-10-6-11-16-33/h5,8-9,13-14,26-31,33,35H,3-4,6-7,10-12,15-25,34H2,1-2H3. The van der Waals surface area contributed by atoms with Crippen LogP contribution in [0.15, 0.2) is 30.3 Å². The zero-order valence-electron chi connectivity index (χ0n) is 23.7. The molecule has 0 aromatic heterocycles. The van der Waals surface area contributed by atoms with Crippen LogP contribution in [0.3, 0.4) is 0 Å². The second kappa shape index (κ2) is 15.2. The first-order valence-electron chi connectivity index (χ1n) is 15.9. The van der Waals surface area contributed by atoms with E-state index < -0.39 is 0 Å².